The molecule has 0 fully saturated rings. The highest BCUT2D eigenvalue weighted by molar-refractivity contribution is 7.92. The van der Waals surface area contributed by atoms with Gasteiger partial charge in [0.1, 0.15) is 30.8 Å². The Bertz CT molecular complexity index is 2360. The van der Waals surface area contributed by atoms with Gasteiger partial charge in [0.05, 0.1) is 24.8 Å². The summed E-state index contributed by atoms with van der Waals surface area (Å²) in [5.41, 5.74) is 5.12. The fourth-order valence-electron chi connectivity index (χ4n) is 6.53. The Morgan fingerprint density at radius 3 is 1.70 bits per heavy atom. The van der Waals surface area contributed by atoms with Crippen molar-refractivity contribution in [2.24, 2.45) is 0 Å². The van der Waals surface area contributed by atoms with Crippen molar-refractivity contribution in [1.29, 1.82) is 0 Å². The zero-order chi connectivity index (χ0) is 43.0. The molecule has 316 valence electrons. The van der Waals surface area contributed by atoms with Gasteiger partial charge in [-0.15, -0.1) is 0 Å². The Kier molecular flexibility index (Phi) is 15.3. The molecule has 4 N–H and O–H groups in total. The Labute approximate surface area is 355 Å². The minimum Gasteiger partial charge on any atom is -0.491 e. The smallest absolute Gasteiger partial charge is 0.411 e. The highest BCUT2D eigenvalue weighted by Crippen LogP contribution is 2.33. The molecular formula is C47H48N4O9S. The van der Waals surface area contributed by atoms with Gasteiger partial charge < -0.3 is 24.1 Å². The Balaban J connectivity index is 1.23. The standard InChI is InChI=1S/C47H48N4O9S/c1-57-46(53)48-38-22-18-36(19-23-38)43(37-20-24-39(25-21-37)49-47(54)58-2)31-51(29-34-12-6-3-7-13-34)30-40(52)33-59-41-26-27-45(60-32-35-14-8-4-9-15-35)44(28-41)50-61(55,56)42-16-10-5-11-17-42/h3-28,40,43,50,52H,29-33H2,1-2H3,(H,48,53)(H,49,54)/t40-/m0/s1. The Morgan fingerprint density at radius 1 is 0.639 bits per heavy atom. The number of nitrogens with one attached hydrogen (secondary N) is 3. The van der Waals surface area contributed by atoms with Gasteiger partial charge in [0.25, 0.3) is 10.0 Å². The van der Waals surface area contributed by atoms with Crippen LogP contribution in [0.4, 0.5) is 26.7 Å². The summed E-state index contributed by atoms with van der Waals surface area (Å²) in [7, 11) is -1.38. The average Bonchev–Trinajstić information content (AvgIpc) is 3.28. The molecular weight excluding hydrogens is 797 g/mol. The third-order valence-corrected chi connectivity index (χ3v) is 11.0. The van der Waals surface area contributed by atoms with Crippen molar-refractivity contribution in [3.8, 4) is 11.5 Å². The second-order valence-electron chi connectivity index (χ2n) is 14.0. The van der Waals surface area contributed by atoms with Crippen molar-refractivity contribution < 1.29 is 42.1 Å². The molecule has 0 aromatic heterocycles. The molecule has 0 aliphatic rings. The zero-order valence-corrected chi connectivity index (χ0v) is 34.6. The number of rotatable bonds is 19. The first kappa shape index (κ1) is 43.7. The number of methoxy groups -OCH3 is 2. The topological polar surface area (TPSA) is 165 Å². The molecule has 14 heteroatoms. The highest BCUT2D eigenvalue weighted by atomic mass is 32.2. The predicted molar refractivity (Wildman–Crippen MR) is 234 cm³/mol. The summed E-state index contributed by atoms with van der Waals surface area (Å²) in [4.78, 5) is 26.0. The van der Waals surface area contributed by atoms with E-state index in [1.54, 1.807) is 60.7 Å². The molecule has 6 aromatic rings. The summed E-state index contributed by atoms with van der Waals surface area (Å²) < 4.78 is 51.2. The fraction of sp³-hybridized carbons (Fsp3) is 0.191. The number of aliphatic hydroxyl groups excluding tert-OH is 1. The molecule has 0 saturated carbocycles. The zero-order valence-electron chi connectivity index (χ0n) is 33.8. The monoisotopic (exact) mass is 844 g/mol. The molecule has 0 bridgehead atoms. The van der Waals surface area contributed by atoms with E-state index in [4.69, 9.17) is 18.9 Å². The first-order valence-corrected chi connectivity index (χ1v) is 20.9. The molecule has 61 heavy (non-hydrogen) atoms. The van der Waals surface area contributed by atoms with Crippen LogP contribution in [0.5, 0.6) is 11.5 Å². The summed E-state index contributed by atoms with van der Waals surface area (Å²) in [6, 6.07) is 47.2. The number of anilines is 3. The molecule has 0 spiro atoms. The second-order valence-corrected chi connectivity index (χ2v) is 15.7. The Morgan fingerprint density at radius 2 is 1.16 bits per heavy atom. The van der Waals surface area contributed by atoms with Crippen LogP contribution in [-0.2, 0) is 32.6 Å². The normalized spacial score (nSPS) is 11.7. The number of amides is 2. The van der Waals surface area contributed by atoms with Gasteiger partial charge in [0.15, 0.2) is 0 Å². The van der Waals surface area contributed by atoms with Crippen LogP contribution in [0.2, 0.25) is 0 Å². The van der Waals surface area contributed by atoms with E-state index < -0.39 is 28.3 Å². The van der Waals surface area contributed by atoms with E-state index in [1.165, 1.54) is 26.4 Å². The Hall–Kier alpha value is -6.87. The number of nitrogens with zero attached hydrogens (tertiary/aromatic N) is 1. The maximum atomic E-state index is 13.4. The maximum absolute atomic E-state index is 13.4. The molecule has 6 aromatic carbocycles. The first-order valence-electron chi connectivity index (χ1n) is 19.4. The lowest BCUT2D eigenvalue weighted by Gasteiger charge is -2.30. The van der Waals surface area contributed by atoms with E-state index in [0.29, 0.717) is 36.0 Å². The number of aliphatic hydroxyl groups is 1. The van der Waals surface area contributed by atoms with Crippen molar-refractivity contribution in [3.05, 3.63) is 180 Å². The second kappa shape index (κ2) is 21.4. The van der Waals surface area contributed by atoms with E-state index in [1.807, 2.05) is 84.9 Å². The third kappa shape index (κ3) is 13.1. The molecule has 0 heterocycles. The van der Waals surface area contributed by atoms with E-state index in [0.717, 1.165) is 22.3 Å². The van der Waals surface area contributed by atoms with Gasteiger partial charge >= 0.3 is 12.2 Å². The molecule has 0 radical (unpaired) electrons. The number of carbonyl (C=O) groups is 2. The first-order chi connectivity index (χ1) is 29.6. The van der Waals surface area contributed by atoms with Crippen LogP contribution in [0.25, 0.3) is 0 Å². The van der Waals surface area contributed by atoms with Crippen molar-refractivity contribution in [2.45, 2.75) is 30.1 Å². The van der Waals surface area contributed by atoms with Crippen LogP contribution in [-0.4, -0.2) is 70.6 Å². The van der Waals surface area contributed by atoms with Crippen LogP contribution in [0, 0.1) is 0 Å². The van der Waals surface area contributed by atoms with Gasteiger partial charge in [-0.2, -0.15) is 0 Å². The molecule has 6 rings (SSSR count). The molecule has 2 amide bonds. The minimum atomic E-state index is -3.98. The van der Waals surface area contributed by atoms with Crippen molar-refractivity contribution in [3.63, 3.8) is 0 Å². The number of hydrogen-bond donors (Lipinski definition) is 4. The maximum Gasteiger partial charge on any atom is 0.411 e. The van der Waals surface area contributed by atoms with Crippen LogP contribution in [0.15, 0.2) is 163 Å². The lowest BCUT2D eigenvalue weighted by molar-refractivity contribution is 0.0644. The predicted octanol–water partition coefficient (Wildman–Crippen LogP) is 8.50. The molecule has 0 saturated heterocycles. The number of sulfonamides is 1. The summed E-state index contributed by atoms with van der Waals surface area (Å²) in [6.07, 6.45) is -2.14. The van der Waals surface area contributed by atoms with Crippen LogP contribution in [0.1, 0.15) is 28.2 Å². The van der Waals surface area contributed by atoms with Crippen LogP contribution in [0.3, 0.4) is 0 Å². The lowest BCUT2D eigenvalue weighted by atomic mass is 9.90. The van der Waals surface area contributed by atoms with E-state index >= 15 is 0 Å². The fourth-order valence-corrected chi connectivity index (χ4v) is 7.61. The molecule has 1 atom stereocenters. The van der Waals surface area contributed by atoms with Gasteiger partial charge in [-0.25, -0.2) is 18.0 Å². The van der Waals surface area contributed by atoms with E-state index in [9.17, 15) is 23.1 Å². The summed E-state index contributed by atoms with van der Waals surface area (Å²) in [5, 5.41) is 16.9. The van der Waals surface area contributed by atoms with Crippen molar-refractivity contribution in [1.82, 2.24) is 4.90 Å². The number of ether oxygens (including phenoxy) is 4. The average molecular weight is 845 g/mol. The molecule has 0 aliphatic carbocycles. The largest absolute Gasteiger partial charge is 0.491 e. The molecule has 13 nitrogen and oxygen atoms in total. The summed E-state index contributed by atoms with van der Waals surface area (Å²) in [5.74, 6) is 0.407. The minimum absolute atomic E-state index is 0.0881. The van der Waals surface area contributed by atoms with E-state index in [2.05, 4.69) is 20.3 Å². The SMILES string of the molecule is COC(=O)Nc1ccc(C(CN(Cc2ccccc2)C[C@H](O)COc2ccc(OCc3ccccc3)c(NS(=O)(=O)c3ccccc3)c2)c2ccc(NC(=O)OC)cc2)cc1. The van der Waals surface area contributed by atoms with Gasteiger partial charge in [0, 0.05) is 43.0 Å². The molecule has 0 unspecified atom stereocenters. The van der Waals surface area contributed by atoms with Crippen LogP contribution < -0.4 is 24.8 Å². The van der Waals surface area contributed by atoms with Crippen LogP contribution >= 0.6 is 0 Å². The van der Waals surface area contributed by atoms with Gasteiger partial charge in [-0.1, -0.05) is 103 Å². The van der Waals surface area contributed by atoms with Gasteiger partial charge in [-0.05, 0) is 70.8 Å². The summed E-state index contributed by atoms with van der Waals surface area (Å²) >= 11 is 0. The quantitative estimate of drug-likeness (QED) is 0.0622. The van der Waals surface area contributed by atoms with Gasteiger partial charge in [0.2, 0.25) is 0 Å². The van der Waals surface area contributed by atoms with Crippen molar-refractivity contribution in [2.75, 3.05) is 49.3 Å². The number of carbonyl (C=O) groups excluding carboxylic acids is 2. The van der Waals surface area contributed by atoms with E-state index in [-0.39, 0.29) is 36.3 Å². The van der Waals surface area contributed by atoms with Crippen molar-refractivity contribution >= 4 is 39.3 Å². The third-order valence-electron chi connectivity index (χ3n) is 9.58. The number of benzene rings is 6. The highest BCUT2D eigenvalue weighted by Gasteiger charge is 2.23. The molecule has 0 aliphatic heterocycles. The summed E-state index contributed by atoms with van der Waals surface area (Å²) in [6.45, 7) is 1.27. The lowest BCUT2D eigenvalue weighted by Crippen LogP contribution is -2.38. The van der Waals surface area contributed by atoms with Gasteiger partial charge in [-0.3, -0.25) is 20.3 Å². The number of hydrogen-bond acceptors (Lipinski definition) is 10.